The fourth-order valence-corrected chi connectivity index (χ4v) is 1.75. The van der Waals surface area contributed by atoms with Crippen molar-refractivity contribution in [1.82, 2.24) is 10.3 Å². The Morgan fingerprint density at radius 1 is 1.56 bits per heavy atom. The van der Waals surface area contributed by atoms with Gasteiger partial charge in [0.2, 0.25) is 0 Å². The number of halogens is 2. The summed E-state index contributed by atoms with van der Waals surface area (Å²) in [6.45, 7) is 9.18. The van der Waals surface area contributed by atoms with Crippen LogP contribution in [-0.2, 0) is 0 Å². The Hall–Kier alpha value is -0.610. The highest BCUT2D eigenvalue weighted by atomic mass is 79.9. The average Bonchev–Trinajstić information content (AvgIpc) is 2.27. The van der Waals surface area contributed by atoms with E-state index in [1.165, 1.54) is 0 Å². The van der Waals surface area contributed by atoms with Gasteiger partial charge in [0, 0.05) is 17.2 Å². The Balaban J connectivity index is 2.69. The minimum absolute atomic E-state index is 0.159. The number of nitrogens with one attached hydrogen (secondary N) is 1. The zero-order chi connectivity index (χ0) is 13.9. The van der Waals surface area contributed by atoms with Crippen LogP contribution in [0.2, 0.25) is 5.15 Å². The second-order valence-electron chi connectivity index (χ2n) is 5.47. The summed E-state index contributed by atoms with van der Waals surface area (Å²) in [6.07, 6.45) is 1.57. The molecule has 0 fully saturated rings. The maximum Gasteiger partial charge on any atom is 0.254 e. The quantitative estimate of drug-likeness (QED) is 0.852. The number of pyridine rings is 1. The summed E-state index contributed by atoms with van der Waals surface area (Å²) in [4.78, 5) is 15.9. The molecule has 18 heavy (non-hydrogen) atoms. The van der Waals surface area contributed by atoms with Gasteiger partial charge >= 0.3 is 0 Å². The molecule has 1 aromatic rings. The summed E-state index contributed by atoms with van der Waals surface area (Å²) in [6, 6.07) is 1.67. The fourth-order valence-electron chi connectivity index (χ4n) is 1.23. The molecule has 0 aromatic carbocycles. The number of hydrogen-bond donors (Lipinski definition) is 1. The molecular formula is C13H18BrClN2O. The van der Waals surface area contributed by atoms with E-state index >= 15 is 0 Å². The molecule has 5 heteroatoms. The van der Waals surface area contributed by atoms with Gasteiger partial charge < -0.3 is 5.32 Å². The van der Waals surface area contributed by atoms with Crippen LogP contribution in [0.3, 0.4) is 0 Å². The first-order chi connectivity index (χ1) is 8.21. The van der Waals surface area contributed by atoms with Gasteiger partial charge in [-0.05, 0) is 33.3 Å². The van der Waals surface area contributed by atoms with Crippen LogP contribution in [0, 0.1) is 11.3 Å². The van der Waals surface area contributed by atoms with Gasteiger partial charge in [0.05, 0.1) is 5.56 Å². The van der Waals surface area contributed by atoms with Gasteiger partial charge in [-0.15, -0.1) is 0 Å². The van der Waals surface area contributed by atoms with Crippen molar-refractivity contribution in [3.8, 4) is 0 Å². The summed E-state index contributed by atoms with van der Waals surface area (Å²) in [5.74, 6) is 0.185. The molecule has 1 amide bonds. The van der Waals surface area contributed by atoms with Crippen molar-refractivity contribution in [2.24, 2.45) is 11.3 Å². The summed E-state index contributed by atoms with van der Waals surface area (Å²) >= 11 is 9.18. The van der Waals surface area contributed by atoms with Crippen LogP contribution >= 0.6 is 27.5 Å². The van der Waals surface area contributed by atoms with Gasteiger partial charge in [0.1, 0.15) is 5.15 Å². The van der Waals surface area contributed by atoms with Crippen molar-refractivity contribution in [2.75, 3.05) is 6.54 Å². The Morgan fingerprint density at radius 2 is 2.17 bits per heavy atom. The first-order valence-electron chi connectivity index (χ1n) is 5.81. The molecule has 100 valence electrons. The van der Waals surface area contributed by atoms with Crippen LogP contribution in [0.4, 0.5) is 0 Å². The molecule has 1 heterocycles. The van der Waals surface area contributed by atoms with E-state index in [0.29, 0.717) is 18.0 Å². The highest BCUT2D eigenvalue weighted by Crippen LogP contribution is 2.24. The molecule has 0 saturated carbocycles. The predicted molar refractivity (Wildman–Crippen MR) is 77.9 cm³/mol. The van der Waals surface area contributed by atoms with Crippen molar-refractivity contribution in [2.45, 2.75) is 27.7 Å². The number of carbonyl (C=O) groups is 1. The van der Waals surface area contributed by atoms with Crippen LogP contribution < -0.4 is 5.32 Å². The second-order valence-corrected chi connectivity index (χ2v) is 6.74. The lowest BCUT2D eigenvalue weighted by atomic mass is 9.82. The molecule has 0 radical (unpaired) electrons. The van der Waals surface area contributed by atoms with Crippen molar-refractivity contribution in [1.29, 1.82) is 0 Å². The van der Waals surface area contributed by atoms with E-state index in [0.717, 1.165) is 4.47 Å². The zero-order valence-corrected chi connectivity index (χ0v) is 13.4. The molecule has 0 bridgehead atoms. The molecule has 1 unspecified atom stereocenters. The molecule has 3 nitrogen and oxygen atoms in total. The Bertz CT molecular complexity index is 443. The lowest BCUT2D eigenvalue weighted by Crippen LogP contribution is -2.33. The summed E-state index contributed by atoms with van der Waals surface area (Å²) in [5, 5.41) is 3.11. The van der Waals surface area contributed by atoms with Crippen LogP contribution in [0.5, 0.6) is 0 Å². The first kappa shape index (κ1) is 15.4. The third kappa shape index (κ3) is 4.25. The molecule has 0 aliphatic carbocycles. The number of aromatic nitrogens is 1. The highest BCUT2D eigenvalue weighted by Gasteiger charge is 2.21. The molecule has 0 saturated heterocycles. The summed E-state index contributed by atoms with van der Waals surface area (Å²) in [7, 11) is 0. The zero-order valence-electron chi connectivity index (χ0n) is 11.1. The first-order valence-corrected chi connectivity index (χ1v) is 6.98. The van der Waals surface area contributed by atoms with Crippen LogP contribution in [0.1, 0.15) is 38.1 Å². The molecule has 0 aliphatic heterocycles. The Labute approximate surface area is 121 Å². The van der Waals surface area contributed by atoms with E-state index in [-0.39, 0.29) is 16.5 Å². The fraction of sp³-hybridized carbons (Fsp3) is 0.538. The van der Waals surface area contributed by atoms with E-state index in [1.54, 1.807) is 12.3 Å². The lowest BCUT2D eigenvalue weighted by molar-refractivity contribution is 0.0937. The van der Waals surface area contributed by atoms with Crippen molar-refractivity contribution < 1.29 is 4.79 Å². The minimum atomic E-state index is -0.190. The molecule has 1 atom stereocenters. The molecule has 0 aliphatic rings. The number of carbonyl (C=O) groups excluding carboxylic acids is 1. The van der Waals surface area contributed by atoms with Crippen LogP contribution in [-0.4, -0.2) is 17.4 Å². The minimum Gasteiger partial charge on any atom is -0.352 e. The third-order valence-electron chi connectivity index (χ3n) is 3.10. The normalized spacial score (nSPS) is 13.2. The maximum atomic E-state index is 12.0. The van der Waals surface area contributed by atoms with Gasteiger partial charge in [-0.3, -0.25) is 4.79 Å². The Morgan fingerprint density at radius 3 is 2.72 bits per heavy atom. The summed E-state index contributed by atoms with van der Waals surface area (Å²) in [5.41, 5.74) is 0.555. The molecule has 1 aromatic heterocycles. The largest absolute Gasteiger partial charge is 0.352 e. The third-order valence-corrected chi connectivity index (χ3v) is 3.83. The number of nitrogens with zero attached hydrogens (tertiary/aromatic N) is 1. The smallest absolute Gasteiger partial charge is 0.254 e. The second kappa shape index (κ2) is 6.02. The van der Waals surface area contributed by atoms with Gasteiger partial charge in [0.25, 0.3) is 5.91 Å². The number of rotatable bonds is 3. The SMILES string of the molecule is CC(CNC(=O)c1cc(Br)cnc1Cl)C(C)(C)C. The summed E-state index contributed by atoms with van der Waals surface area (Å²) < 4.78 is 0.737. The predicted octanol–water partition coefficient (Wildman–Crippen LogP) is 3.91. The van der Waals surface area contributed by atoms with Gasteiger partial charge in [0.15, 0.2) is 0 Å². The highest BCUT2D eigenvalue weighted by molar-refractivity contribution is 9.10. The molecular weight excluding hydrogens is 316 g/mol. The van der Waals surface area contributed by atoms with Crippen LogP contribution in [0.15, 0.2) is 16.7 Å². The monoisotopic (exact) mass is 332 g/mol. The van der Waals surface area contributed by atoms with Crippen molar-refractivity contribution >= 4 is 33.4 Å². The molecule has 0 spiro atoms. The lowest BCUT2D eigenvalue weighted by Gasteiger charge is -2.27. The van der Waals surface area contributed by atoms with E-state index in [2.05, 4.69) is 53.9 Å². The maximum absolute atomic E-state index is 12.0. The average molecular weight is 334 g/mol. The van der Waals surface area contributed by atoms with E-state index < -0.39 is 0 Å². The van der Waals surface area contributed by atoms with E-state index in [4.69, 9.17) is 11.6 Å². The molecule has 1 N–H and O–H groups in total. The Kier molecular flexibility index (Phi) is 5.17. The van der Waals surface area contributed by atoms with Crippen LogP contribution in [0.25, 0.3) is 0 Å². The standard InChI is InChI=1S/C13H18BrClN2O/c1-8(13(2,3)4)6-17-12(18)10-5-9(14)7-16-11(10)15/h5,7-8H,6H2,1-4H3,(H,17,18). The van der Waals surface area contributed by atoms with Crippen molar-refractivity contribution in [3.05, 3.63) is 27.5 Å². The molecule has 1 rings (SSSR count). The van der Waals surface area contributed by atoms with Gasteiger partial charge in [-0.25, -0.2) is 4.98 Å². The number of amides is 1. The van der Waals surface area contributed by atoms with E-state index in [1.807, 2.05) is 0 Å². The van der Waals surface area contributed by atoms with Gasteiger partial charge in [-0.1, -0.05) is 39.3 Å². The van der Waals surface area contributed by atoms with Gasteiger partial charge in [-0.2, -0.15) is 0 Å². The van der Waals surface area contributed by atoms with Crippen molar-refractivity contribution in [3.63, 3.8) is 0 Å². The van der Waals surface area contributed by atoms with E-state index in [9.17, 15) is 4.79 Å². The topological polar surface area (TPSA) is 42.0 Å². The number of hydrogen-bond acceptors (Lipinski definition) is 2.